The summed E-state index contributed by atoms with van der Waals surface area (Å²) in [6.07, 6.45) is 5.62. The Hall–Kier alpha value is -0.160. The monoisotopic (exact) mass is 226 g/mol. The number of hydrogen-bond donors (Lipinski definition) is 2. The van der Waals surface area contributed by atoms with E-state index in [1.165, 1.54) is 25.7 Å². The lowest BCUT2D eigenvalue weighted by molar-refractivity contribution is -0.0643. The quantitative estimate of drug-likeness (QED) is 0.705. The molecule has 2 aliphatic heterocycles. The smallest absolute Gasteiger partial charge is 0.0707 e. The summed E-state index contributed by atoms with van der Waals surface area (Å²) in [5.74, 6) is 0.651. The molecule has 3 N–H and O–H groups in total. The molecule has 2 bridgehead atoms. The summed E-state index contributed by atoms with van der Waals surface area (Å²) in [6, 6.07) is 0.307. The van der Waals surface area contributed by atoms with E-state index in [1.54, 1.807) is 0 Å². The van der Waals surface area contributed by atoms with E-state index in [4.69, 9.17) is 10.5 Å². The van der Waals surface area contributed by atoms with Gasteiger partial charge in [0.2, 0.25) is 0 Å². The maximum absolute atomic E-state index is 9.56. The minimum absolute atomic E-state index is 0.152. The van der Waals surface area contributed by atoms with Crippen molar-refractivity contribution in [3.63, 3.8) is 0 Å². The number of nitrogens with zero attached hydrogens (tertiary/aromatic N) is 1. The zero-order valence-corrected chi connectivity index (χ0v) is 9.72. The lowest BCUT2D eigenvalue weighted by Crippen LogP contribution is -2.56. The number of nitrogens with two attached hydrogens (primary N) is 1. The lowest BCUT2D eigenvalue weighted by Gasteiger charge is -2.39. The Kier molecular flexibility index (Phi) is 2.92. The van der Waals surface area contributed by atoms with Crippen LogP contribution < -0.4 is 5.73 Å². The topological polar surface area (TPSA) is 58.7 Å². The molecule has 0 amide bonds. The van der Waals surface area contributed by atoms with E-state index in [0.29, 0.717) is 18.1 Å². The van der Waals surface area contributed by atoms with E-state index in [-0.39, 0.29) is 18.7 Å². The van der Waals surface area contributed by atoms with Gasteiger partial charge in [0, 0.05) is 25.2 Å². The molecule has 2 heterocycles. The average molecular weight is 226 g/mol. The summed E-state index contributed by atoms with van der Waals surface area (Å²) in [7, 11) is 0. The van der Waals surface area contributed by atoms with Crippen LogP contribution in [0.25, 0.3) is 0 Å². The van der Waals surface area contributed by atoms with Gasteiger partial charge in [-0.25, -0.2) is 0 Å². The summed E-state index contributed by atoms with van der Waals surface area (Å²) in [5, 5.41) is 9.56. The van der Waals surface area contributed by atoms with Crippen molar-refractivity contribution in [3.8, 4) is 0 Å². The zero-order chi connectivity index (χ0) is 11.1. The first kappa shape index (κ1) is 11.0. The molecule has 3 rings (SSSR count). The van der Waals surface area contributed by atoms with Crippen molar-refractivity contribution >= 4 is 0 Å². The van der Waals surface area contributed by atoms with Gasteiger partial charge in [-0.05, 0) is 31.6 Å². The first-order chi connectivity index (χ1) is 7.78. The lowest BCUT2D eigenvalue weighted by atomic mass is 10.0. The third-order valence-electron chi connectivity index (χ3n) is 4.34. The van der Waals surface area contributed by atoms with Crippen molar-refractivity contribution in [2.75, 3.05) is 19.7 Å². The summed E-state index contributed by atoms with van der Waals surface area (Å²) < 4.78 is 5.81. The number of rotatable bonds is 4. The number of hydrogen-bond acceptors (Lipinski definition) is 4. The Labute approximate surface area is 96.7 Å². The van der Waals surface area contributed by atoms with Gasteiger partial charge in [0.05, 0.1) is 18.8 Å². The molecule has 1 saturated carbocycles. The SMILES string of the molecule is NC(C1CC1)C(CO)N1CC2CCC(C1)O2. The third-order valence-corrected chi connectivity index (χ3v) is 4.34. The van der Waals surface area contributed by atoms with Gasteiger partial charge in [-0.15, -0.1) is 0 Å². The van der Waals surface area contributed by atoms with Crippen molar-refractivity contribution in [1.82, 2.24) is 4.90 Å². The highest BCUT2D eigenvalue weighted by molar-refractivity contribution is 4.96. The minimum Gasteiger partial charge on any atom is -0.395 e. The number of aliphatic hydroxyl groups excluding tert-OH is 1. The van der Waals surface area contributed by atoms with Crippen molar-refractivity contribution in [2.45, 2.75) is 50.0 Å². The van der Waals surface area contributed by atoms with Gasteiger partial charge in [-0.1, -0.05) is 0 Å². The molecule has 0 spiro atoms. The standard InChI is InChI=1S/C12H22N2O2/c13-12(8-1-2-8)11(7-15)14-5-9-3-4-10(6-14)16-9/h8-12,15H,1-7,13H2. The molecule has 4 unspecified atom stereocenters. The Morgan fingerprint density at radius 1 is 1.19 bits per heavy atom. The Bertz CT molecular complexity index is 245. The minimum atomic E-state index is 0.152. The normalized spacial score (nSPS) is 38.6. The summed E-state index contributed by atoms with van der Waals surface area (Å²) >= 11 is 0. The zero-order valence-electron chi connectivity index (χ0n) is 9.72. The van der Waals surface area contributed by atoms with Crippen LogP contribution in [0.4, 0.5) is 0 Å². The average Bonchev–Trinajstić information content (AvgIpc) is 3.07. The van der Waals surface area contributed by atoms with Crippen LogP contribution in [0.1, 0.15) is 25.7 Å². The first-order valence-corrected chi connectivity index (χ1v) is 6.54. The van der Waals surface area contributed by atoms with Gasteiger partial charge >= 0.3 is 0 Å². The summed E-state index contributed by atoms with van der Waals surface area (Å²) in [5.41, 5.74) is 6.23. The third kappa shape index (κ3) is 1.99. The van der Waals surface area contributed by atoms with Crippen LogP contribution in [0.2, 0.25) is 0 Å². The van der Waals surface area contributed by atoms with Crippen LogP contribution in [-0.2, 0) is 4.74 Å². The first-order valence-electron chi connectivity index (χ1n) is 6.54. The number of ether oxygens (including phenoxy) is 1. The second kappa shape index (κ2) is 4.26. The molecule has 2 saturated heterocycles. The molecule has 4 atom stereocenters. The fourth-order valence-electron chi connectivity index (χ4n) is 3.19. The van der Waals surface area contributed by atoms with E-state index in [9.17, 15) is 5.11 Å². The van der Waals surface area contributed by atoms with Crippen molar-refractivity contribution in [3.05, 3.63) is 0 Å². The largest absolute Gasteiger partial charge is 0.395 e. The van der Waals surface area contributed by atoms with E-state index >= 15 is 0 Å². The molecular weight excluding hydrogens is 204 g/mol. The predicted octanol–water partition coefficient (Wildman–Crippen LogP) is -0.0522. The molecule has 3 fully saturated rings. The number of aliphatic hydroxyl groups is 1. The molecule has 0 aromatic carbocycles. The highest BCUT2D eigenvalue weighted by Crippen LogP contribution is 2.35. The molecule has 1 aliphatic carbocycles. The second-order valence-corrected chi connectivity index (χ2v) is 5.58. The van der Waals surface area contributed by atoms with Crippen LogP contribution in [0.5, 0.6) is 0 Å². The molecule has 16 heavy (non-hydrogen) atoms. The van der Waals surface area contributed by atoms with E-state index < -0.39 is 0 Å². The Morgan fingerprint density at radius 3 is 2.31 bits per heavy atom. The summed E-state index contributed by atoms with van der Waals surface area (Å²) in [6.45, 7) is 2.11. The van der Waals surface area contributed by atoms with Crippen LogP contribution in [0.3, 0.4) is 0 Å². The van der Waals surface area contributed by atoms with Gasteiger partial charge in [0.25, 0.3) is 0 Å². The number of morpholine rings is 1. The van der Waals surface area contributed by atoms with E-state index in [0.717, 1.165) is 13.1 Å². The fourth-order valence-corrected chi connectivity index (χ4v) is 3.19. The molecular formula is C12H22N2O2. The van der Waals surface area contributed by atoms with Gasteiger partial charge in [0.15, 0.2) is 0 Å². The van der Waals surface area contributed by atoms with Gasteiger partial charge in [-0.3, -0.25) is 4.90 Å². The molecule has 0 aromatic rings. The van der Waals surface area contributed by atoms with E-state index in [2.05, 4.69) is 4.90 Å². The van der Waals surface area contributed by atoms with Crippen molar-refractivity contribution < 1.29 is 9.84 Å². The highest BCUT2D eigenvalue weighted by Gasteiger charge is 2.41. The maximum atomic E-state index is 9.56. The van der Waals surface area contributed by atoms with Crippen molar-refractivity contribution in [2.24, 2.45) is 11.7 Å². The summed E-state index contributed by atoms with van der Waals surface area (Å²) in [4.78, 5) is 2.37. The molecule has 4 nitrogen and oxygen atoms in total. The molecule has 0 aromatic heterocycles. The van der Waals surface area contributed by atoms with E-state index in [1.807, 2.05) is 0 Å². The second-order valence-electron chi connectivity index (χ2n) is 5.58. The Balaban J connectivity index is 1.65. The number of likely N-dealkylation sites (tertiary alicyclic amines) is 1. The maximum Gasteiger partial charge on any atom is 0.0707 e. The molecule has 0 radical (unpaired) electrons. The Morgan fingerprint density at radius 2 is 1.81 bits per heavy atom. The molecule has 3 aliphatic rings. The van der Waals surface area contributed by atoms with Crippen LogP contribution >= 0.6 is 0 Å². The fraction of sp³-hybridized carbons (Fsp3) is 1.00. The predicted molar refractivity (Wildman–Crippen MR) is 61.0 cm³/mol. The van der Waals surface area contributed by atoms with Crippen LogP contribution in [0, 0.1) is 5.92 Å². The molecule has 92 valence electrons. The van der Waals surface area contributed by atoms with Crippen LogP contribution in [0.15, 0.2) is 0 Å². The van der Waals surface area contributed by atoms with Gasteiger partial charge in [-0.2, -0.15) is 0 Å². The van der Waals surface area contributed by atoms with Gasteiger partial charge < -0.3 is 15.6 Å². The van der Waals surface area contributed by atoms with Gasteiger partial charge in [0.1, 0.15) is 0 Å². The highest BCUT2D eigenvalue weighted by atomic mass is 16.5. The van der Waals surface area contributed by atoms with Crippen LogP contribution in [-0.4, -0.2) is 54.0 Å². The van der Waals surface area contributed by atoms with Crippen molar-refractivity contribution in [1.29, 1.82) is 0 Å². The number of fused-ring (bicyclic) bond motifs is 2. The molecule has 4 heteroatoms.